The van der Waals surface area contributed by atoms with E-state index in [9.17, 15) is 4.79 Å². The molecule has 0 aliphatic rings. The number of aryl methyl sites for hydroxylation is 1. The zero-order chi connectivity index (χ0) is 12.3. The summed E-state index contributed by atoms with van der Waals surface area (Å²) in [6, 6.07) is 4.86. The van der Waals surface area contributed by atoms with Gasteiger partial charge in [-0.1, -0.05) is 0 Å². The summed E-state index contributed by atoms with van der Waals surface area (Å²) in [6.07, 6.45) is 1.70. The quantitative estimate of drug-likeness (QED) is 0.799. The molecule has 0 saturated carbocycles. The third-order valence-electron chi connectivity index (χ3n) is 2.26. The van der Waals surface area contributed by atoms with E-state index >= 15 is 0 Å². The Morgan fingerprint density at radius 2 is 2.24 bits per heavy atom. The van der Waals surface area contributed by atoms with Crippen molar-refractivity contribution in [2.45, 2.75) is 6.54 Å². The largest absolute Gasteiger partial charge is 0.476 e. The van der Waals surface area contributed by atoms with Gasteiger partial charge >= 0.3 is 5.97 Å². The fourth-order valence-electron chi connectivity index (χ4n) is 1.30. The highest BCUT2D eigenvalue weighted by molar-refractivity contribution is 5.85. The zero-order valence-electron chi connectivity index (χ0n) is 9.16. The van der Waals surface area contributed by atoms with Crippen molar-refractivity contribution in [2.24, 2.45) is 7.05 Å². The second-order valence-electron chi connectivity index (χ2n) is 3.41. The molecule has 7 nitrogen and oxygen atoms in total. The van der Waals surface area contributed by atoms with Crippen molar-refractivity contribution in [3.05, 3.63) is 35.8 Å². The lowest BCUT2D eigenvalue weighted by molar-refractivity contribution is 0.0689. The number of hydrogen-bond acceptors (Lipinski definition) is 5. The van der Waals surface area contributed by atoms with E-state index in [0.717, 1.165) is 5.69 Å². The maximum Gasteiger partial charge on any atom is 0.356 e. The maximum atomic E-state index is 10.6. The predicted octanol–water partition coefficient (Wildman–Crippen LogP) is 0.520. The molecule has 2 aromatic rings. The second-order valence-corrected chi connectivity index (χ2v) is 3.41. The third kappa shape index (κ3) is 2.57. The molecule has 88 valence electrons. The van der Waals surface area contributed by atoms with Gasteiger partial charge in [0, 0.05) is 13.2 Å². The van der Waals surface area contributed by atoms with Gasteiger partial charge < -0.3 is 10.4 Å². The van der Waals surface area contributed by atoms with Crippen LogP contribution in [0.5, 0.6) is 0 Å². The topological polar surface area (TPSA) is 92.9 Å². The number of carboxylic acids is 1. The van der Waals surface area contributed by atoms with E-state index in [-0.39, 0.29) is 5.69 Å². The Hall–Kier alpha value is -2.44. The Labute approximate surface area is 97.1 Å². The highest BCUT2D eigenvalue weighted by Gasteiger charge is 2.05. The van der Waals surface area contributed by atoms with Crippen molar-refractivity contribution in [2.75, 3.05) is 5.32 Å². The number of hydrogen-bond donors (Lipinski definition) is 2. The van der Waals surface area contributed by atoms with Crippen molar-refractivity contribution in [3.63, 3.8) is 0 Å². The molecule has 2 heterocycles. The van der Waals surface area contributed by atoms with Gasteiger partial charge in [0.05, 0.1) is 12.2 Å². The molecule has 17 heavy (non-hydrogen) atoms. The van der Waals surface area contributed by atoms with Crippen LogP contribution in [0, 0.1) is 0 Å². The minimum absolute atomic E-state index is 0.0731. The van der Waals surface area contributed by atoms with Crippen LogP contribution in [0.25, 0.3) is 0 Å². The molecule has 0 aromatic carbocycles. The fraction of sp³-hybridized carbons (Fsp3) is 0.200. The first-order valence-electron chi connectivity index (χ1n) is 4.94. The zero-order valence-corrected chi connectivity index (χ0v) is 9.16. The Morgan fingerprint density at radius 1 is 1.41 bits per heavy atom. The van der Waals surface area contributed by atoms with Gasteiger partial charge in [0.1, 0.15) is 5.82 Å². The van der Waals surface area contributed by atoms with Gasteiger partial charge in [-0.15, -0.1) is 10.2 Å². The third-order valence-corrected chi connectivity index (χ3v) is 2.26. The Kier molecular flexibility index (Phi) is 2.99. The van der Waals surface area contributed by atoms with Crippen molar-refractivity contribution in [1.82, 2.24) is 20.0 Å². The second kappa shape index (κ2) is 4.60. The van der Waals surface area contributed by atoms with Gasteiger partial charge in [0.2, 0.25) is 0 Å². The average molecular weight is 233 g/mol. The van der Waals surface area contributed by atoms with Gasteiger partial charge in [-0.3, -0.25) is 4.68 Å². The summed E-state index contributed by atoms with van der Waals surface area (Å²) in [5.41, 5.74) is 0.921. The summed E-state index contributed by atoms with van der Waals surface area (Å²) in [7, 11) is 1.84. The number of carboxylic acid groups (broad SMARTS) is 1. The first-order chi connectivity index (χ1) is 8.16. The molecule has 0 amide bonds. The summed E-state index contributed by atoms with van der Waals surface area (Å²) < 4.78 is 1.74. The molecule has 0 spiro atoms. The van der Waals surface area contributed by atoms with Crippen molar-refractivity contribution in [1.29, 1.82) is 0 Å². The van der Waals surface area contributed by atoms with E-state index < -0.39 is 5.97 Å². The molecule has 0 radical (unpaired) electrons. The number of nitrogens with one attached hydrogen (secondary N) is 1. The number of carbonyl (C=O) groups is 1. The number of aromatic nitrogens is 4. The minimum Gasteiger partial charge on any atom is -0.476 e. The van der Waals surface area contributed by atoms with Crippen LogP contribution in [0.15, 0.2) is 24.4 Å². The van der Waals surface area contributed by atoms with Crippen LogP contribution in [-0.4, -0.2) is 31.1 Å². The standard InChI is InChI=1S/C10H11N5O2/c1-15-7(4-5-12-15)6-11-9-3-2-8(10(16)17)13-14-9/h2-5H,6H2,1H3,(H,11,14)(H,16,17). The van der Waals surface area contributed by atoms with Crippen LogP contribution in [-0.2, 0) is 13.6 Å². The monoisotopic (exact) mass is 233 g/mol. The summed E-state index contributed by atoms with van der Waals surface area (Å²) in [6.45, 7) is 0.553. The SMILES string of the molecule is Cn1nccc1CNc1ccc(C(=O)O)nn1. The molecule has 2 rings (SSSR count). The number of anilines is 1. The van der Waals surface area contributed by atoms with E-state index in [0.29, 0.717) is 12.4 Å². The Bertz CT molecular complexity index is 520. The molecular formula is C10H11N5O2. The van der Waals surface area contributed by atoms with Crippen LogP contribution in [0.4, 0.5) is 5.82 Å². The van der Waals surface area contributed by atoms with Crippen molar-refractivity contribution >= 4 is 11.8 Å². The van der Waals surface area contributed by atoms with Crippen LogP contribution < -0.4 is 5.32 Å². The molecule has 2 aromatic heterocycles. The summed E-state index contributed by atoms with van der Waals surface area (Å²) in [4.78, 5) is 10.6. The highest BCUT2D eigenvalue weighted by atomic mass is 16.4. The molecular weight excluding hydrogens is 222 g/mol. The molecule has 7 heteroatoms. The molecule has 0 bridgehead atoms. The lowest BCUT2D eigenvalue weighted by atomic mass is 10.4. The van der Waals surface area contributed by atoms with Gasteiger partial charge in [0.25, 0.3) is 0 Å². The highest BCUT2D eigenvalue weighted by Crippen LogP contribution is 2.05. The van der Waals surface area contributed by atoms with Gasteiger partial charge in [-0.05, 0) is 18.2 Å². The van der Waals surface area contributed by atoms with Gasteiger partial charge in [0.15, 0.2) is 5.69 Å². The van der Waals surface area contributed by atoms with Crippen LogP contribution in [0.3, 0.4) is 0 Å². The molecule has 0 fully saturated rings. The van der Waals surface area contributed by atoms with Gasteiger partial charge in [-0.25, -0.2) is 4.79 Å². The average Bonchev–Trinajstić information content (AvgIpc) is 2.73. The summed E-state index contributed by atoms with van der Waals surface area (Å²) in [5, 5.41) is 23.0. The Morgan fingerprint density at radius 3 is 2.76 bits per heavy atom. The molecule has 0 aliphatic carbocycles. The first kappa shape index (κ1) is 11.1. The number of aromatic carboxylic acids is 1. The first-order valence-corrected chi connectivity index (χ1v) is 4.94. The van der Waals surface area contributed by atoms with E-state index in [2.05, 4.69) is 20.6 Å². The maximum absolute atomic E-state index is 10.6. The van der Waals surface area contributed by atoms with Crippen LogP contribution >= 0.6 is 0 Å². The van der Waals surface area contributed by atoms with Gasteiger partial charge in [-0.2, -0.15) is 5.10 Å². The Balaban J connectivity index is 2.00. The molecule has 0 atom stereocenters. The smallest absolute Gasteiger partial charge is 0.356 e. The van der Waals surface area contributed by atoms with E-state index in [4.69, 9.17) is 5.11 Å². The van der Waals surface area contributed by atoms with E-state index in [1.807, 2.05) is 13.1 Å². The lowest BCUT2D eigenvalue weighted by Crippen LogP contribution is -2.08. The molecule has 0 aliphatic heterocycles. The number of nitrogens with zero attached hydrogens (tertiary/aromatic N) is 4. The normalized spacial score (nSPS) is 10.2. The lowest BCUT2D eigenvalue weighted by Gasteiger charge is -2.04. The summed E-state index contributed by atoms with van der Waals surface area (Å²) in [5.74, 6) is -0.563. The summed E-state index contributed by atoms with van der Waals surface area (Å²) >= 11 is 0. The predicted molar refractivity (Wildman–Crippen MR) is 59.5 cm³/mol. The van der Waals surface area contributed by atoms with E-state index in [1.54, 1.807) is 16.9 Å². The van der Waals surface area contributed by atoms with E-state index in [1.165, 1.54) is 6.07 Å². The minimum atomic E-state index is -1.09. The van der Waals surface area contributed by atoms with Crippen molar-refractivity contribution < 1.29 is 9.90 Å². The van der Waals surface area contributed by atoms with Crippen molar-refractivity contribution in [3.8, 4) is 0 Å². The fourth-order valence-corrected chi connectivity index (χ4v) is 1.30. The molecule has 0 unspecified atom stereocenters. The molecule has 2 N–H and O–H groups in total. The number of rotatable bonds is 4. The van der Waals surface area contributed by atoms with Crippen LogP contribution in [0.2, 0.25) is 0 Å². The molecule has 0 saturated heterocycles. The van der Waals surface area contributed by atoms with Crippen LogP contribution in [0.1, 0.15) is 16.2 Å².